The molecule has 4 nitrogen and oxygen atoms in total. The van der Waals surface area contributed by atoms with Gasteiger partial charge in [-0.3, -0.25) is 9.78 Å². The lowest BCUT2D eigenvalue weighted by molar-refractivity contribution is 0.534. The van der Waals surface area contributed by atoms with Gasteiger partial charge in [-0.2, -0.15) is 0 Å². The number of furan rings is 1. The van der Waals surface area contributed by atoms with Crippen molar-refractivity contribution in [2.24, 2.45) is 0 Å². The van der Waals surface area contributed by atoms with Crippen LogP contribution in [-0.2, 0) is 12.8 Å². The third-order valence-corrected chi connectivity index (χ3v) is 3.92. The highest BCUT2D eigenvalue weighted by molar-refractivity contribution is 5.93. The van der Waals surface area contributed by atoms with Gasteiger partial charge in [-0.05, 0) is 43.2 Å². The van der Waals surface area contributed by atoms with Crippen LogP contribution in [0.4, 0.5) is 0 Å². The van der Waals surface area contributed by atoms with E-state index in [1.807, 2.05) is 37.4 Å². The van der Waals surface area contributed by atoms with Crippen molar-refractivity contribution >= 4 is 21.9 Å². The van der Waals surface area contributed by atoms with E-state index in [2.05, 4.69) is 4.98 Å². The van der Waals surface area contributed by atoms with E-state index in [0.717, 1.165) is 23.1 Å². The van der Waals surface area contributed by atoms with Gasteiger partial charge in [0.15, 0.2) is 5.43 Å². The minimum absolute atomic E-state index is 0.0385. The van der Waals surface area contributed by atoms with Gasteiger partial charge < -0.3 is 8.83 Å². The average Bonchev–Trinajstić information content (AvgIpc) is 2.91. The number of aryl methyl sites for hydroxylation is 3. The summed E-state index contributed by atoms with van der Waals surface area (Å²) in [6.45, 7) is 1.89. The number of benzene rings is 1. The molecule has 0 spiro atoms. The number of pyridine rings is 1. The minimum Gasteiger partial charge on any atom is -0.461 e. The summed E-state index contributed by atoms with van der Waals surface area (Å²) in [5, 5.41) is 1.50. The van der Waals surface area contributed by atoms with E-state index in [9.17, 15) is 4.79 Å². The molecule has 3 heterocycles. The predicted molar refractivity (Wildman–Crippen MR) is 88.6 cm³/mol. The summed E-state index contributed by atoms with van der Waals surface area (Å²) in [5.74, 6) is 1.51. The molecule has 0 saturated carbocycles. The molecule has 0 atom stereocenters. The summed E-state index contributed by atoms with van der Waals surface area (Å²) in [4.78, 5) is 16.4. The van der Waals surface area contributed by atoms with Crippen LogP contribution in [0, 0.1) is 6.92 Å². The van der Waals surface area contributed by atoms with Crippen LogP contribution in [0.15, 0.2) is 62.4 Å². The van der Waals surface area contributed by atoms with Gasteiger partial charge in [0.05, 0.1) is 5.39 Å². The molecule has 0 unspecified atom stereocenters. The molecule has 0 saturated heterocycles. The third-order valence-electron chi connectivity index (χ3n) is 3.92. The van der Waals surface area contributed by atoms with E-state index in [4.69, 9.17) is 8.83 Å². The number of fused-ring (bicyclic) bond motifs is 2. The maximum absolute atomic E-state index is 12.3. The second kappa shape index (κ2) is 5.39. The molecule has 0 amide bonds. The highest BCUT2D eigenvalue weighted by Crippen LogP contribution is 2.24. The average molecular weight is 305 g/mol. The van der Waals surface area contributed by atoms with Crippen molar-refractivity contribution in [2.45, 2.75) is 19.8 Å². The van der Waals surface area contributed by atoms with E-state index in [1.54, 1.807) is 18.3 Å². The van der Waals surface area contributed by atoms with Gasteiger partial charge in [-0.1, -0.05) is 6.07 Å². The zero-order valence-electron chi connectivity index (χ0n) is 12.7. The molecule has 0 bridgehead atoms. The third kappa shape index (κ3) is 2.63. The molecule has 3 aromatic heterocycles. The van der Waals surface area contributed by atoms with Crippen LogP contribution in [-0.4, -0.2) is 4.98 Å². The lowest BCUT2D eigenvalue weighted by atomic mass is 10.1. The van der Waals surface area contributed by atoms with Crippen LogP contribution in [0.1, 0.15) is 17.1 Å². The summed E-state index contributed by atoms with van der Waals surface area (Å²) in [7, 11) is 0. The van der Waals surface area contributed by atoms with Gasteiger partial charge in [-0.25, -0.2) is 0 Å². The SMILES string of the molecule is Cc1cc2cc3oc(CCc4cccnc4)cc(=O)c3cc2o1. The van der Waals surface area contributed by atoms with Crippen molar-refractivity contribution in [3.05, 3.63) is 76.1 Å². The molecule has 23 heavy (non-hydrogen) atoms. The van der Waals surface area contributed by atoms with E-state index >= 15 is 0 Å². The van der Waals surface area contributed by atoms with Crippen LogP contribution >= 0.6 is 0 Å². The second-order valence-corrected chi connectivity index (χ2v) is 5.68. The fourth-order valence-corrected chi connectivity index (χ4v) is 2.81. The van der Waals surface area contributed by atoms with Crippen molar-refractivity contribution in [1.29, 1.82) is 0 Å². The van der Waals surface area contributed by atoms with Crippen molar-refractivity contribution in [1.82, 2.24) is 4.98 Å². The van der Waals surface area contributed by atoms with E-state index in [0.29, 0.717) is 28.7 Å². The summed E-state index contributed by atoms with van der Waals surface area (Å²) < 4.78 is 11.5. The number of rotatable bonds is 3. The maximum Gasteiger partial charge on any atom is 0.193 e. The van der Waals surface area contributed by atoms with Gasteiger partial charge in [0, 0.05) is 30.3 Å². The van der Waals surface area contributed by atoms with Gasteiger partial charge in [-0.15, -0.1) is 0 Å². The Morgan fingerprint density at radius 2 is 1.96 bits per heavy atom. The largest absolute Gasteiger partial charge is 0.461 e. The fourth-order valence-electron chi connectivity index (χ4n) is 2.81. The second-order valence-electron chi connectivity index (χ2n) is 5.68. The van der Waals surface area contributed by atoms with Crippen molar-refractivity contribution in [3.63, 3.8) is 0 Å². The molecule has 0 aliphatic rings. The molecular weight excluding hydrogens is 290 g/mol. The zero-order valence-corrected chi connectivity index (χ0v) is 12.7. The molecular formula is C19H15NO3. The van der Waals surface area contributed by atoms with Crippen LogP contribution in [0.3, 0.4) is 0 Å². The highest BCUT2D eigenvalue weighted by Gasteiger charge is 2.09. The Labute approximate surface area is 132 Å². The predicted octanol–water partition coefficient (Wildman–Crippen LogP) is 4.03. The Bertz CT molecular complexity index is 1040. The normalized spacial score (nSPS) is 11.3. The Hall–Kier alpha value is -2.88. The van der Waals surface area contributed by atoms with Crippen LogP contribution in [0.2, 0.25) is 0 Å². The Balaban J connectivity index is 1.73. The number of hydrogen-bond acceptors (Lipinski definition) is 4. The van der Waals surface area contributed by atoms with Gasteiger partial charge in [0.25, 0.3) is 0 Å². The molecule has 114 valence electrons. The molecule has 1 aromatic carbocycles. The molecule has 4 heteroatoms. The molecule has 0 radical (unpaired) electrons. The zero-order chi connectivity index (χ0) is 15.8. The van der Waals surface area contributed by atoms with Crippen LogP contribution < -0.4 is 5.43 Å². The summed E-state index contributed by atoms with van der Waals surface area (Å²) in [5.41, 5.74) is 2.40. The Morgan fingerprint density at radius 3 is 2.78 bits per heavy atom. The lowest BCUT2D eigenvalue weighted by Crippen LogP contribution is -2.03. The van der Waals surface area contributed by atoms with Crippen molar-refractivity contribution in [3.8, 4) is 0 Å². The van der Waals surface area contributed by atoms with Crippen LogP contribution in [0.25, 0.3) is 21.9 Å². The molecule has 0 fully saturated rings. The van der Waals surface area contributed by atoms with Crippen molar-refractivity contribution < 1.29 is 8.83 Å². The minimum atomic E-state index is -0.0385. The number of aromatic nitrogens is 1. The smallest absolute Gasteiger partial charge is 0.193 e. The number of hydrogen-bond donors (Lipinski definition) is 0. The highest BCUT2D eigenvalue weighted by atomic mass is 16.3. The fraction of sp³-hybridized carbons (Fsp3) is 0.158. The summed E-state index contributed by atoms with van der Waals surface area (Å²) >= 11 is 0. The molecule has 0 N–H and O–H groups in total. The monoisotopic (exact) mass is 305 g/mol. The first-order chi connectivity index (χ1) is 11.2. The molecule has 4 aromatic rings. The maximum atomic E-state index is 12.3. The Kier molecular flexibility index (Phi) is 3.23. The van der Waals surface area contributed by atoms with E-state index in [1.165, 1.54) is 0 Å². The van der Waals surface area contributed by atoms with Gasteiger partial charge in [0.1, 0.15) is 22.7 Å². The van der Waals surface area contributed by atoms with E-state index < -0.39 is 0 Å². The first-order valence-electron chi connectivity index (χ1n) is 7.55. The Morgan fingerprint density at radius 1 is 1.04 bits per heavy atom. The standard InChI is InChI=1S/C19H15NO3/c1-12-7-14-8-19-16(10-18(14)22-12)17(21)9-15(23-19)5-4-13-3-2-6-20-11-13/h2-3,6-11H,4-5H2,1H3. The molecule has 0 aliphatic carbocycles. The first kappa shape index (κ1) is 13.8. The van der Waals surface area contributed by atoms with Gasteiger partial charge >= 0.3 is 0 Å². The van der Waals surface area contributed by atoms with Gasteiger partial charge in [0.2, 0.25) is 0 Å². The number of nitrogens with zero attached hydrogens (tertiary/aromatic N) is 1. The summed E-state index contributed by atoms with van der Waals surface area (Å²) in [6, 6.07) is 11.1. The first-order valence-corrected chi connectivity index (χ1v) is 7.55. The quantitative estimate of drug-likeness (QED) is 0.573. The lowest BCUT2D eigenvalue weighted by Gasteiger charge is -2.03. The van der Waals surface area contributed by atoms with E-state index in [-0.39, 0.29) is 5.43 Å². The van der Waals surface area contributed by atoms with Crippen LogP contribution in [0.5, 0.6) is 0 Å². The topological polar surface area (TPSA) is 56.2 Å². The summed E-state index contributed by atoms with van der Waals surface area (Å²) in [6.07, 6.45) is 5.03. The molecule has 0 aliphatic heterocycles. The van der Waals surface area contributed by atoms with Crippen molar-refractivity contribution in [2.75, 3.05) is 0 Å². The molecule has 4 rings (SSSR count).